The Hall–Kier alpha value is -0.850. The quantitative estimate of drug-likeness (QED) is 0.112. The van der Waals surface area contributed by atoms with Crippen molar-refractivity contribution in [2.45, 2.75) is 68.3 Å². The van der Waals surface area contributed by atoms with Gasteiger partial charge in [-0.15, -0.1) is 0 Å². The fourth-order valence-electron chi connectivity index (χ4n) is 3.57. The van der Waals surface area contributed by atoms with Crippen molar-refractivity contribution in [3.63, 3.8) is 0 Å². The molecule has 0 radical (unpaired) electrons. The SMILES string of the molecule is CNCCOCCOC1O[C@@H](CO)[C@@H](O)[C@H](O)[C@@H]1O[C@H]1O[C@H](CO)[C@@H](O)[C@H](OCC(C)=O)[C@@H]1O. The van der Waals surface area contributed by atoms with Crippen molar-refractivity contribution < 1.29 is 63.9 Å². The number of carbonyl (C=O) groups excluding carboxylic acids is 1. The largest absolute Gasteiger partial charge is 0.394 e. The molecule has 0 aliphatic carbocycles. The molecule has 14 heteroatoms. The van der Waals surface area contributed by atoms with Crippen LogP contribution in [0, 0.1) is 0 Å². The molecule has 0 bridgehead atoms. The monoisotopic (exact) mass is 499 g/mol. The van der Waals surface area contributed by atoms with Gasteiger partial charge < -0.3 is 64.4 Å². The zero-order valence-electron chi connectivity index (χ0n) is 19.3. The topological polar surface area (TPSA) is 206 Å². The average Bonchev–Trinajstić information content (AvgIpc) is 2.81. The van der Waals surface area contributed by atoms with Gasteiger partial charge in [0.15, 0.2) is 18.4 Å². The Labute approximate surface area is 197 Å². The lowest BCUT2D eigenvalue weighted by atomic mass is 9.97. The number of Topliss-reactive ketones (excluding diaryl/α,β-unsaturated/α-hetero) is 1. The average molecular weight is 500 g/mol. The molecule has 34 heavy (non-hydrogen) atoms. The fraction of sp³-hybridized carbons (Fsp3) is 0.950. The van der Waals surface area contributed by atoms with Gasteiger partial charge in [0.1, 0.15) is 55.4 Å². The zero-order valence-corrected chi connectivity index (χ0v) is 19.3. The van der Waals surface area contributed by atoms with E-state index < -0.39 is 81.2 Å². The molecule has 2 fully saturated rings. The van der Waals surface area contributed by atoms with E-state index in [1.807, 2.05) is 0 Å². The molecule has 2 saturated heterocycles. The molecule has 0 aromatic carbocycles. The highest BCUT2D eigenvalue weighted by atomic mass is 16.8. The molecule has 0 spiro atoms. The molecular weight excluding hydrogens is 462 g/mol. The molecule has 2 aliphatic heterocycles. The van der Waals surface area contributed by atoms with Crippen molar-refractivity contribution in [1.82, 2.24) is 5.32 Å². The van der Waals surface area contributed by atoms with Crippen LogP contribution < -0.4 is 5.32 Å². The van der Waals surface area contributed by atoms with E-state index in [1.165, 1.54) is 6.92 Å². The molecule has 10 atom stereocenters. The van der Waals surface area contributed by atoms with Gasteiger partial charge in [-0.05, 0) is 14.0 Å². The second-order valence-corrected chi connectivity index (χ2v) is 8.08. The fourth-order valence-corrected chi connectivity index (χ4v) is 3.57. The van der Waals surface area contributed by atoms with Crippen molar-refractivity contribution in [2.75, 3.05) is 53.2 Å². The lowest BCUT2D eigenvalue weighted by Gasteiger charge is -2.46. The third-order valence-electron chi connectivity index (χ3n) is 5.42. The molecular formula is C20H37NO13. The highest BCUT2D eigenvalue weighted by Gasteiger charge is 2.51. The number of ether oxygens (including phenoxy) is 6. The third kappa shape index (κ3) is 7.83. The predicted molar refractivity (Wildman–Crippen MR) is 112 cm³/mol. The lowest BCUT2D eigenvalue weighted by molar-refractivity contribution is -0.369. The standard InChI is InChI=1S/C20H37NO13/c1-10(24)9-31-17-14(26)12(8-23)32-19(16(17)28)34-18-15(27)13(25)11(7-22)33-20(18)30-6-5-29-4-3-21-2/h11-23,25-28H,3-9H2,1-2H3/t11-,12+,13+,14+,15-,16-,17-,18-,19+,20?/m0/s1. The van der Waals surface area contributed by atoms with E-state index in [2.05, 4.69) is 5.32 Å². The minimum Gasteiger partial charge on any atom is -0.394 e. The molecule has 7 N–H and O–H groups in total. The van der Waals surface area contributed by atoms with Crippen LogP contribution >= 0.6 is 0 Å². The zero-order chi connectivity index (χ0) is 25.3. The van der Waals surface area contributed by atoms with Gasteiger partial charge in [-0.3, -0.25) is 4.79 Å². The van der Waals surface area contributed by atoms with Gasteiger partial charge >= 0.3 is 0 Å². The van der Waals surface area contributed by atoms with Gasteiger partial charge in [0.05, 0.1) is 33.0 Å². The Morgan fingerprint density at radius 1 is 0.824 bits per heavy atom. The summed E-state index contributed by atoms with van der Waals surface area (Å²) in [4.78, 5) is 11.3. The van der Waals surface area contributed by atoms with Crippen LogP contribution in [0.25, 0.3) is 0 Å². The van der Waals surface area contributed by atoms with Crippen molar-refractivity contribution in [3.05, 3.63) is 0 Å². The highest BCUT2D eigenvalue weighted by Crippen LogP contribution is 2.30. The summed E-state index contributed by atoms with van der Waals surface area (Å²) in [6.07, 6.45) is -14.3. The maximum Gasteiger partial charge on any atom is 0.187 e. The summed E-state index contributed by atoms with van der Waals surface area (Å²) in [5.41, 5.74) is 0. The number of rotatable bonds is 14. The summed E-state index contributed by atoms with van der Waals surface area (Å²) in [6, 6.07) is 0. The van der Waals surface area contributed by atoms with Crippen LogP contribution in [0.1, 0.15) is 6.92 Å². The van der Waals surface area contributed by atoms with Crippen LogP contribution in [0.2, 0.25) is 0 Å². The van der Waals surface area contributed by atoms with Gasteiger partial charge in [0.2, 0.25) is 0 Å². The van der Waals surface area contributed by atoms with Gasteiger partial charge in [-0.2, -0.15) is 0 Å². The Morgan fingerprint density at radius 3 is 2.09 bits per heavy atom. The van der Waals surface area contributed by atoms with E-state index in [0.29, 0.717) is 13.2 Å². The van der Waals surface area contributed by atoms with Crippen molar-refractivity contribution in [2.24, 2.45) is 0 Å². The summed E-state index contributed by atoms with van der Waals surface area (Å²) < 4.78 is 32.9. The Kier molecular flexibility index (Phi) is 12.7. The van der Waals surface area contributed by atoms with Crippen molar-refractivity contribution in [3.8, 4) is 0 Å². The molecule has 2 rings (SSSR count). The number of aliphatic hydroxyl groups is 6. The second kappa shape index (κ2) is 14.6. The van der Waals surface area contributed by atoms with Crippen LogP contribution in [-0.2, 0) is 33.2 Å². The summed E-state index contributed by atoms with van der Waals surface area (Å²) in [5, 5.41) is 63.8. The Morgan fingerprint density at radius 2 is 1.47 bits per heavy atom. The number of likely N-dealkylation sites (N-methyl/N-ethyl adjacent to an activating group) is 1. The normalized spacial score (nSPS) is 38.7. The molecule has 0 aromatic heterocycles. The summed E-state index contributed by atoms with van der Waals surface area (Å²) >= 11 is 0. The molecule has 200 valence electrons. The first-order chi connectivity index (χ1) is 16.2. The number of hydrogen-bond donors (Lipinski definition) is 7. The number of ketones is 1. The minimum absolute atomic E-state index is 0.0195. The Balaban J connectivity index is 2.11. The lowest BCUT2D eigenvalue weighted by Crippen LogP contribution is -2.65. The van der Waals surface area contributed by atoms with Gasteiger partial charge in [0.25, 0.3) is 0 Å². The molecule has 0 amide bonds. The maximum absolute atomic E-state index is 11.3. The van der Waals surface area contributed by atoms with E-state index in [1.54, 1.807) is 7.05 Å². The molecule has 2 aliphatic rings. The maximum atomic E-state index is 11.3. The number of aliphatic hydroxyl groups excluding tert-OH is 6. The first-order valence-corrected chi connectivity index (χ1v) is 11.1. The molecule has 2 heterocycles. The van der Waals surface area contributed by atoms with Crippen molar-refractivity contribution in [1.29, 1.82) is 0 Å². The predicted octanol–water partition coefficient (Wildman–Crippen LogP) is -4.52. The molecule has 1 unspecified atom stereocenters. The van der Waals surface area contributed by atoms with Gasteiger partial charge in [-0.25, -0.2) is 0 Å². The highest BCUT2D eigenvalue weighted by molar-refractivity contribution is 5.76. The van der Waals surface area contributed by atoms with E-state index in [4.69, 9.17) is 28.4 Å². The molecule has 0 saturated carbocycles. The van der Waals surface area contributed by atoms with Gasteiger partial charge in [-0.1, -0.05) is 0 Å². The smallest absolute Gasteiger partial charge is 0.187 e. The van der Waals surface area contributed by atoms with Crippen LogP contribution in [0.15, 0.2) is 0 Å². The first kappa shape index (κ1) is 29.4. The number of nitrogens with one attached hydrogen (secondary N) is 1. The van der Waals surface area contributed by atoms with E-state index in [9.17, 15) is 35.4 Å². The third-order valence-corrected chi connectivity index (χ3v) is 5.42. The van der Waals surface area contributed by atoms with Crippen LogP contribution in [0.3, 0.4) is 0 Å². The van der Waals surface area contributed by atoms with E-state index in [0.717, 1.165) is 0 Å². The van der Waals surface area contributed by atoms with Crippen molar-refractivity contribution >= 4 is 5.78 Å². The number of hydrogen-bond acceptors (Lipinski definition) is 14. The van der Waals surface area contributed by atoms with Crippen LogP contribution in [-0.4, -0.2) is 151 Å². The van der Waals surface area contributed by atoms with E-state index in [-0.39, 0.29) is 19.0 Å². The van der Waals surface area contributed by atoms with E-state index >= 15 is 0 Å². The summed E-state index contributed by atoms with van der Waals surface area (Å²) in [6.45, 7) is 0.849. The molecule has 0 aromatic rings. The number of carbonyl (C=O) groups is 1. The second-order valence-electron chi connectivity index (χ2n) is 8.08. The van der Waals surface area contributed by atoms with Gasteiger partial charge in [0, 0.05) is 6.54 Å². The summed E-state index contributed by atoms with van der Waals surface area (Å²) in [5.74, 6) is -0.358. The van der Waals surface area contributed by atoms with Crippen LogP contribution in [0.4, 0.5) is 0 Å². The summed E-state index contributed by atoms with van der Waals surface area (Å²) in [7, 11) is 1.78. The molecule has 14 nitrogen and oxygen atoms in total. The first-order valence-electron chi connectivity index (χ1n) is 11.1. The van der Waals surface area contributed by atoms with Crippen LogP contribution in [0.5, 0.6) is 0 Å². The minimum atomic E-state index is -1.64. The Bertz CT molecular complexity index is 599.